The van der Waals surface area contributed by atoms with E-state index in [9.17, 15) is 0 Å². The number of anilines is 1. The van der Waals surface area contributed by atoms with Crippen molar-refractivity contribution in [1.29, 1.82) is 0 Å². The average Bonchev–Trinajstić information content (AvgIpc) is 2.61. The third-order valence-corrected chi connectivity index (χ3v) is 2.92. The minimum atomic E-state index is 0.469. The van der Waals surface area contributed by atoms with Gasteiger partial charge in [-0.15, -0.1) is 11.8 Å². The first kappa shape index (κ1) is 10.9. The molecular formula is C10H13N5S. The molecule has 5 nitrogen and oxygen atoms in total. The molecule has 0 amide bonds. The summed E-state index contributed by atoms with van der Waals surface area (Å²) in [6.07, 6.45) is 5.08. The summed E-state index contributed by atoms with van der Waals surface area (Å²) in [6, 6.07) is 1.76. The molecule has 2 heterocycles. The van der Waals surface area contributed by atoms with E-state index >= 15 is 0 Å². The highest BCUT2D eigenvalue weighted by molar-refractivity contribution is 8.00. The summed E-state index contributed by atoms with van der Waals surface area (Å²) in [6.45, 7) is 4.22. The summed E-state index contributed by atoms with van der Waals surface area (Å²) in [5, 5.41) is 4.65. The van der Waals surface area contributed by atoms with Gasteiger partial charge in [-0.05, 0) is 6.07 Å². The van der Waals surface area contributed by atoms with E-state index in [0.717, 1.165) is 4.90 Å². The van der Waals surface area contributed by atoms with E-state index in [0.29, 0.717) is 17.0 Å². The predicted octanol–water partition coefficient (Wildman–Crippen LogP) is 1.74. The molecule has 2 aromatic heterocycles. The van der Waals surface area contributed by atoms with Crippen molar-refractivity contribution in [2.24, 2.45) is 0 Å². The van der Waals surface area contributed by atoms with Gasteiger partial charge in [0.05, 0.1) is 11.1 Å². The second kappa shape index (κ2) is 4.52. The van der Waals surface area contributed by atoms with Crippen LogP contribution in [0.5, 0.6) is 0 Å². The highest BCUT2D eigenvalue weighted by Crippen LogP contribution is 2.28. The molecule has 0 unspecified atom stereocenters. The van der Waals surface area contributed by atoms with Crippen molar-refractivity contribution in [3.63, 3.8) is 0 Å². The molecule has 84 valence electrons. The first-order valence-electron chi connectivity index (χ1n) is 4.96. The van der Waals surface area contributed by atoms with Gasteiger partial charge < -0.3 is 5.73 Å². The summed E-state index contributed by atoms with van der Waals surface area (Å²) < 4.78 is 1.55. The number of hydrogen-bond donors (Lipinski definition) is 1. The molecule has 2 rings (SSSR count). The van der Waals surface area contributed by atoms with Gasteiger partial charge in [-0.1, -0.05) is 13.8 Å². The lowest BCUT2D eigenvalue weighted by atomic mass is 10.6. The smallest absolute Gasteiger partial charge is 0.252 e. The number of aromatic nitrogens is 4. The van der Waals surface area contributed by atoms with E-state index in [4.69, 9.17) is 5.73 Å². The van der Waals surface area contributed by atoms with Gasteiger partial charge in [0.1, 0.15) is 5.82 Å². The Balaban J connectivity index is 2.34. The average molecular weight is 235 g/mol. The number of thioether (sulfide) groups is 1. The maximum atomic E-state index is 5.98. The minimum Gasteiger partial charge on any atom is -0.383 e. The van der Waals surface area contributed by atoms with Gasteiger partial charge in [-0.25, -0.2) is 9.97 Å². The molecule has 0 radical (unpaired) electrons. The lowest BCUT2D eigenvalue weighted by molar-refractivity contribution is 0.817. The van der Waals surface area contributed by atoms with Crippen molar-refractivity contribution in [1.82, 2.24) is 19.7 Å². The van der Waals surface area contributed by atoms with Crippen LogP contribution in [0.4, 0.5) is 5.82 Å². The fourth-order valence-electron chi connectivity index (χ4n) is 1.25. The second-order valence-electron chi connectivity index (χ2n) is 3.52. The van der Waals surface area contributed by atoms with E-state index in [2.05, 4.69) is 28.9 Å². The van der Waals surface area contributed by atoms with E-state index in [1.165, 1.54) is 0 Å². The van der Waals surface area contributed by atoms with Crippen molar-refractivity contribution in [2.75, 3.05) is 5.73 Å². The molecule has 0 spiro atoms. The molecule has 0 aliphatic heterocycles. The largest absolute Gasteiger partial charge is 0.383 e. The van der Waals surface area contributed by atoms with Crippen LogP contribution in [-0.4, -0.2) is 25.0 Å². The molecule has 0 fully saturated rings. The molecule has 16 heavy (non-hydrogen) atoms. The zero-order valence-corrected chi connectivity index (χ0v) is 9.98. The molecule has 0 aliphatic carbocycles. The van der Waals surface area contributed by atoms with Gasteiger partial charge in [-0.2, -0.15) is 9.78 Å². The molecule has 0 aliphatic rings. The van der Waals surface area contributed by atoms with Crippen LogP contribution in [0.25, 0.3) is 5.95 Å². The fraction of sp³-hybridized carbons (Fsp3) is 0.300. The molecule has 0 saturated carbocycles. The molecule has 6 heteroatoms. The van der Waals surface area contributed by atoms with E-state index in [-0.39, 0.29) is 0 Å². The maximum Gasteiger partial charge on any atom is 0.252 e. The molecule has 0 atom stereocenters. The Kier molecular flexibility index (Phi) is 3.09. The monoisotopic (exact) mass is 235 g/mol. The SMILES string of the molecule is CC(C)Sc1cnn(-c2ncccn2)c1N. The van der Waals surface area contributed by atoms with Crippen LogP contribution in [0.2, 0.25) is 0 Å². The van der Waals surface area contributed by atoms with Crippen LogP contribution in [-0.2, 0) is 0 Å². The highest BCUT2D eigenvalue weighted by atomic mass is 32.2. The third kappa shape index (κ3) is 2.16. The van der Waals surface area contributed by atoms with Crippen molar-refractivity contribution in [3.05, 3.63) is 24.7 Å². The van der Waals surface area contributed by atoms with Crippen molar-refractivity contribution >= 4 is 17.6 Å². The van der Waals surface area contributed by atoms with Crippen LogP contribution < -0.4 is 5.73 Å². The van der Waals surface area contributed by atoms with Crippen LogP contribution in [0.3, 0.4) is 0 Å². The maximum absolute atomic E-state index is 5.98. The van der Waals surface area contributed by atoms with Gasteiger partial charge in [0, 0.05) is 17.6 Å². The summed E-state index contributed by atoms with van der Waals surface area (Å²) in [4.78, 5) is 9.17. The van der Waals surface area contributed by atoms with Gasteiger partial charge >= 0.3 is 0 Å². The van der Waals surface area contributed by atoms with Gasteiger partial charge in [0.15, 0.2) is 0 Å². The minimum absolute atomic E-state index is 0.469. The number of nitrogen functional groups attached to an aromatic ring is 1. The zero-order chi connectivity index (χ0) is 11.5. The van der Waals surface area contributed by atoms with E-state index < -0.39 is 0 Å². The summed E-state index contributed by atoms with van der Waals surface area (Å²) in [7, 11) is 0. The zero-order valence-electron chi connectivity index (χ0n) is 9.16. The molecule has 2 aromatic rings. The lowest BCUT2D eigenvalue weighted by Gasteiger charge is -2.04. The standard InChI is InChI=1S/C10H13N5S/c1-7(2)16-8-6-14-15(9(8)11)10-12-4-3-5-13-10/h3-7H,11H2,1-2H3. The quantitative estimate of drug-likeness (QED) is 0.821. The lowest BCUT2D eigenvalue weighted by Crippen LogP contribution is -2.06. The molecular weight excluding hydrogens is 222 g/mol. The van der Waals surface area contributed by atoms with Crippen molar-refractivity contribution in [2.45, 2.75) is 24.0 Å². The van der Waals surface area contributed by atoms with Crippen LogP contribution in [0, 0.1) is 0 Å². The predicted molar refractivity (Wildman–Crippen MR) is 64.6 cm³/mol. The second-order valence-corrected chi connectivity index (χ2v) is 5.14. The van der Waals surface area contributed by atoms with E-state index in [1.54, 1.807) is 41.1 Å². The molecule has 0 saturated heterocycles. The number of nitrogens with two attached hydrogens (primary N) is 1. The van der Waals surface area contributed by atoms with Crippen LogP contribution >= 0.6 is 11.8 Å². The van der Waals surface area contributed by atoms with Gasteiger partial charge in [0.25, 0.3) is 5.95 Å². The highest BCUT2D eigenvalue weighted by Gasteiger charge is 2.11. The van der Waals surface area contributed by atoms with Crippen molar-refractivity contribution in [3.8, 4) is 5.95 Å². The topological polar surface area (TPSA) is 69.6 Å². The third-order valence-electron chi connectivity index (χ3n) is 1.88. The fourth-order valence-corrected chi connectivity index (χ4v) is 2.07. The Hall–Kier alpha value is -1.56. The first-order valence-corrected chi connectivity index (χ1v) is 5.84. The van der Waals surface area contributed by atoms with Crippen LogP contribution in [0.15, 0.2) is 29.6 Å². The normalized spacial score (nSPS) is 10.9. The number of hydrogen-bond acceptors (Lipinski definition) is 5. The van der Waals surface area contributed by atoms with Gasteiger partial charge in [0.2, 0.25) is 0 Å². The molecule has 2 N–H and O–H groups in total. The molecule has 0 bridgehead atoms. The number of rotatable bonds is 3. The summed E-state index contributed by atoms with van der Waals surface area (Å²) >= 11 is 1.68. The number of nitrogens with zero attached hydrogens (tertiary/aromatic N) is 4. The molecule has 0 aromatic carbocycles. The summed E-state index contributed by atoms with van der Waals surface area (Å²) in [5.41, 5.74) is 5.98. The van der Waals surface area contributed by atoms with Gasteiger partial charge in [-0.3, -0.25) is 0 Å². The Morgan fingerprint density at radius 2 is 2.00 bits per heavy atom. The summed E-state index contributed by atoms with van der Waals surface area (Å²) in [5.74, 6) is 1.08. The first-order chi connectivity index (χ1) is 7.68. The van der Waals surface area contributed by atoms with E-state index in [1.807, 2.05) is 0 Å². The Bertz CT molecular complexity index is 465. The Morgan fingerprint density at radius 1 is 1.31 bits per heavy atom. The Labute approximate surface area is 98.1 Å². The van der Waals surface area contributed by atoms with Crippen LogP contribution in [0.1, 0.15) is 13.8 Å². The van der Waals surface area contributed by atoms with Crippen molar-refractivity contribution < 1.29 is 0 Å². The Morgan fingerprint density at radius 3 is 2.62 bits per heavy atom.